The van der Waals surface area contributed by atoms with Crippen LogP contribution >= 0.6 is 0 Å². The normalized spacial score (nSPS) is 17.3. The number of ether oxygens (including phenoxy) is 1. The monoisotopic (exact) mass is 219 g/mol. The van der Waals surface area contributed by atoms with Gasteiger partial charge < -0.3 is 10.5 Å². The first-order valence-corrected chi connectivity index (χ1v) is 6.22. The van der Waals surface area contributed by atoms with Gasteiger partial charge in [0.05, 0.1) is 7.11 Å². The lowest BCUT2D eigenvalue weighted by atomic mass is 9.84. The third-order valence-corrected chi connectivity index (χ3v) is 3.59. The highest BCUT2D eigenvalue weighted by Crippen LogP contribution is 2.29. The van der Waals surface area contributed by atoms with E-state index in [1.807, 2.05) is 12.1 Å². The van der Waals surface area contributed by atoms with Gasteiger partial charge in [-0.1, -0.05) is 38.2 Å². The summed E-state index contributed by atoms with van der Waals surface area (Å²) in [6.45, 7) is 0. The largest absolute Gasteiger partial charge is 0.497 e. The van der Waals surface area contributed by atoms with Crippen LogP contribution in [0.1, 0.15) is 37.7 Å². The Kier molecular flexibility index (Phi) is 3.70. The Balaban J connectivity index is 2.03. The minimum atomic E-state index is 0.837. The summed E-state index contributed by atoms with van der Waals surface area (Å²) in [4.78, 5) is 0. The molecule has 0 aromatic heterocycles. The van der Waals surface area contributed by atoms with Crippen molar-refractivity contribution in [1.82, 2.24) is 0 Å². The van der Waals surface area contributed by atoms with E-state index in [0.29, 0.717) is 0 Å². The molecule has 0 heterocycles. The zero-order valence-electron chi connectivity index (χ0n) is 10.0. The van der Waals surface area contributed by atoms with Gasteiger partial charge in [-0.2, -0.15) is 0 Å². The molecule has 88 valence electrons. The van der Waals surface area contributed by atoms with E-state index in [2.05, 4.69) is 6.07 Å². The molecule has 1 aliphatic rings. The van der Waals surface area contributed by atoms with E-state index in [9.17, 15) is 0 Å². The molecule has 0 saturated heterocycles. The molecule has 0 radical (unpaired) electrons. The predicted molar refractivity (Wildman–Crippen MR) is 67.7 cm³/mol. The van der Waals surface area contributed by atoms with Crippen molar-refractivity contribution in [2.24, 2.45) is 5.92 Å². The Bertz CT molecular complexity index is 343. The van der Waals surface area contributed by atoms with E-state index in [-0.39, 0.29) is 0 Å². The maximum Gasteiger partial charge on any atom is 0.120 e. The third-order valence-electron chi connectivity index (χ3n) is 3.59. The van der Waals surface area contributed by atoms with Gasteiger partial charge in [0.2, 0.25) is 0 Å². The highest BCUT2D eigenvalue weighted by molar-refractivity contribution is 5.51. The molecule has 0 amide bonds. The van der Waals surface area contributed by atoms with E-state index >= 15 is 0 Å². The van der Waals surface area contributed by atoms with Crippen molar-refractivity contribution in [3.8, 4) is 5.75 Å². The number of hydrogen-bond donors (Lipinski definition) is 1. The molecule has 0 unspecified atom stereocenters. The van der Waals surface area contributed by atoms with E-state index in [1.54, 1.807) is 7.11 Å². The van der Waals surface area contributed by atoms with Gasteiger partial charge >= 0.3 is 0 Å². The lowest BCUT2D eigenvalue weighted by molar-refractivity contribution is 0.357. The van der Waals surface area contributed by atoms with Crippen LogP contribution in [-0.2, 0) is 6.42 Å². The fraction of sp³-hybridized carbons (Fsp3) is 0.571. The fourth-order valence-corrected chi connectivity index (χ4v) is 2.59. The van der Waals surface area contributed by atoms with Crippen LogP contribution in [0.3, 0.4) is 0 Å². The molecule has 1 fully saturated rings. The Labute approximate surface area is 97.8 Å². The number of nitrogens with two attached hydrogens (primary N) is 1. The highest BCUT2D eigenvalue weighted by Gasteiger charge is 2.15. The summed E-state index contributed by atoms with van der Waals surface area (Å²) in [5, 5.41) is 0. The second-order valence-electron chi connectivity index (χ2n) is 4.77. The molecule has 2 heteroatoms. The van der Waals surface area contributed by atoms with E-state index in [4.69, 9.17) is 10.5 Å². The lowest BCUT2D eigenvalue weighted by Gasteiger charge is -2.22. The average molecular weight is 219 g/mol. The molecular formula is C14H21NO. The van der Waals surface area contributed by atoms with Crippen molar-refractivity contribution in [2.75, 3.05) is 12.8 Å². The second kappa shape index (κ2) is 5.24. The summed E-state index contributed by atoms with van der Waals surface area (Å²) in [5.74, 6) is 1.69. The molecule has 0 spiro atoms. The zero-order valence-corrected chi connectivity index (χ0v) is 10.0. The highest BCUT2D eigenvalue weighted by atomic mass is 16.5. The molecule has 0 atom stereocenters. The number of benzene rings is 1. The maximum atomic E-state index is 6.03. The SMILES string of the molecule is COc1ccc(CC2CCCCC2)c(N)c1. The van der Waals surface area contributed by atoms with Gasteiger partial charge in [0.1, 0.15) is 5.75 Å². The minimum absolute atomic E-state index is 0.837. The van der Waals surface area contributed by atoms with Crippen LogP contribution in [-0.4, -0.2) is 7.11 Å². The summed E-state index contributed by atoms with van der Waals surface area (Å²) in [7, 11) is 1.68. The molecule has 1 saturated carbocycles. The van der Waals surface area contributed by atoms with E-state index in [0.717, 1.165) is 23.8 Å². The third kappa shape index (κ3) is 2.69. The predicted octanol–water partition coefficient (Wildman–Crippen LogP) is 3.40. The molecule has 1 aromatic rings. The number of nitrogen functional groups attached to an aromatic ring is 1. The molecule has 1 aliphatic carbocycles. The number of hydrogen-bond acceptors (Lipinski definition) is 2. The quantitative estimate of drug-likeness (QED) is 0.791. The number of rotatable bonds is 3. The average Bonchev–Trinajstić information content (AvgIpc) is 2.33. The van der Waals surface area contributed by atoms with Crippen LogP contribution in [0, 0.1) is 5.92 Å². The molecular weight excluding hydrogens is 198 g/mol. The molecule has 0 aliphatic heterocycles. The van der Waals surface area contributed by atoms with Crippen molar-refractivity contribution in [3.05, 3.63) is 23.8 Å². The maximum absolute atomic E-state index is 6.03. The van der Waals surface area contributed by atoms with Crippen molar-refractivity contribution in [3.63, 3.8) is 0 Å². The first-order valence-electron chi connectivity index (χ1n) is 6.22. The zero-order chi connectivity index (χ0) is 11.4. The fourth-order valence-electron chi connectivity index (χ4n) is 2.59. The standard InChI is InChI=1S/C14H21NO/c1-16-13-8-7-12(14(15)10-13)9-11-5-3-2-4-6-11/h7-8,10-11H,2-6,9,15H2,1H3. The Hall–Kier alpha value is -1.18. The van der Waals surface area contributed by atoms with Gasteiger partial charge in [0.25, 0.3) is 0 Å². The summed E-state index contributed by atoms with van der Waals surface area (Å²) in [6.07, 6.45) is 8.06. The van der Waals surface area contributed by atoms with Crippen LogP contribution < -0.4 is 10.5 Å². The Morgan fingerprint density at radius 1 is 1.25 bits per heavy atom. The van der Waals surface area contributed by atoms with Crippen molar-refractivity contribution < 1.29 is 4.74 Å². The second-order valence-corrected chi connectivity index (χ2v) is 4.77. The summed E-state index contributed by atoms with van der Waals surface area (Å²) >= 11 is 0. The Morgan fingerprint density at radius 2 is 2.00 bits per heavy atom. The van der Waals surface area contributed by atoms with Crippen LogP contribution in [0.25, 0.3) is 0 Å². The van der Waals surface area contributed by atoms with Crippen LogP contribution in [0.4, 0.5) is 5.69 Å². The van der Waals surface area contributed by atoms with Crippen molar-refractivity contribution >= 4 is 5.69 Å². The number of methoxy groups -OCH3 is 1. The molecule has 2 N–H and O–H groups in total. The van der Waals surface area contributed by atoms with Crippen LogP contribution in [0.5, 0.6) is 5.75 Å². The first-order chi connectivity index (χ1) is 7.79. The topological polar surface area (TPSA) is 35.2 Å². The van der Waals surface area contributed by atoms with Gasteiger partial charge in [0.15, 0.2) is 0 Å². The molecule has 2 nitrogen and oxygen atoms in total. The summed E-state index contributed by atoms with van der Waals surface area (Å²) in [6, 6.07) is 6.05. The molecule has 0 bridgehead atoms. The van der Waals surface area contributed by atoms with Gasteiger partial charge in [0, 0.05) is 11.8 Å². The van der Waals surface area contributed by atoms with Crippen molar-refractivity contribution in [2.45, 2.75) is 38.5 Å². The summed E-state index contributed by atoms with van der Waals surface area (Å²) < 4.78 is 5.16. The summed E-state index contributed by atoms with van der Waals surface area (Å²) in [5.41, 5.74) is 8.20. The number of anilines is 1. The smallest absolute Gasteiger partial charge is 0.120 e. The van der Waals surface area contributed by atoms with Gasteiger partial charge in [-0.05, 0) is 24.0 Å². The van der Waals surface area contributed by atoms with Gasteiger partial charge in [-0.25, -0.2) is 0 Å². The molecule has 16 heavy (non-hydrogen) atoms. The first kappa shape index (κ1) is 11.3. The van der Waals surface area contributed by atoms with Crippen molar-refractivity contribution in [1.29, 1.82) is 0 Å². The van der Waals surface area contributed by atoms with Crippen LogP contribution in [0.15, 0.2) is 18.2 Å². The Morgan fingerprint density at radius 3 is 2.62 bits per heavy atom. The van der Waals surface area contributed by atoms with E-state index in [1.165, 1.54) is 37.7 Å². The van der Waals surface area contributed by atoms with Gasteiger partial charge in [-0.15, -0.1) is 0 Å². The lowest BCUT2D eigenvalue weighted by Crippen LogP contribution is -2.10. The van der Waals surface area contributed by atoms with Gasteiger partial charge in [-0.3, -0.25) is 0 Å². The van der Waals surface area contributed by atoms with E-state index < -0.39 is 0 Å². The molecule has 1 aromatic carbocycles. The van der Waals surface area contributed by atoms with Crippen LogP contribution in [0.2, 0.25) is 0 Å². The minimum Gasteiger partial charge on any atom is -0.497 e. The molecule has 2 rings (SSSR count).